The molecule has 2 aromatic heterocycles. The molecule has 0 bridgehead atoms. The van der Waals surface area contributed by atoms with Gasteiger partial charge in [-0.3, -0.25) is 4.79 Å². The van der Waals surface area contributed by atoms with Crippen LogP contribution < -0.4 is 5.56 Å². The van der Waals surface area contributed by atoms with Crippen molar-refractivity contribution in [2.45, 2.75) is 26.3 Å². The van der Waals surface area contributed by atoms with Gasteiger partial charge in [0.15, 0.2) is 11.2 Å². The van der Waals surface area contributed by atoms with Crippen molar-refractivity contribution in [3.63, 3.8) is 0 Å². The van der Waals surface area contributed by atoms with E-state index in [1.807, 2.05) is 0 Å². The number of rotatable bonds is 6. The molecule has 0 aliphatic carbocycles. The molecule has 1 N–H and O–H groups in total. The van der Waals surface area contributed by atoms with Crippen LogP contribution in [0.3, 0.4) is 0 Å². The Hall–Kier alpha value is -2.22. The second-order valence-corrected chi connectivity index (χ2v) is 4.34. The molecular weight excluding hydrogens is 266 g/mol. The quantitative estimate of drug-likeness (QED) is 0.781. The number of hydrogen-bond donors (Lipinski definition) is 1. The Labute approximate surface area is 113 Å². The molecule has 2 aromatic rings. The summed E-state index contributed by atoms with van der Waals surface area (Å²) in [5.41, 5.74) is -0.661. The smallest absolute Gasteiger partial charge is 0.357 e. The third-order valence-corrected chi connectivity index (χ3v) is 2.93. The standard InChI is InChI=1S/C12H15N3O5/c1-7-8-9(14-20-7)11(16)15(5-3-4-6-19-2)13-10(8)12(17)18/h3-6H2,1-2H3,(H,17,18). The van der Waals surface area contributed by atoms with Crippen molar-refractivity contribution in [1.82, 2.24) is 14.9 Å². The first-order valence-electron chi connectivity index (χ1n) is 6.15. The minimum atomic E-state index is -1.22. The molecule has 0 amide bonds. The van der Waals surface area contributed by atoms with E-state index in [-0.39, 0.29) is 22.4 Å². The van der Waals surface area contributed by atoms with Crippen molar-refractivity contribution >= 4 is 16.9 Å². The summed E-state index contributed by atoms with van der Waals surface area (Å²) in [6.07, 6.45) is 1.41. The molecule has 0 saturated carbocycles. The predicted molar refractivity (Wildman–Crippen MR) is 68.9 cm³/mol. The highest BCUT2D eigenvalue weighted by molar-refractivity contribution is 6.00. The first-order valence-corrected chi connectivity index (χ1v) is 6.15. The fraction of sp³-hybridized carbons (Fsp3) is 0.500. The number of unbranched alkanes of at least 4 members (excludes halogenated alkanes) is 1. The maximum Gasteiger partial charge on any atom is 0.357 e. The molecule has 0 fully saturated rings. The number of carboxylic acid groups (broad SMARTS) is 1. The Kier molecular flexibility index (Phi) is 4.14. The van der Waals surface area contributed by atoms with E-state index in [0.717, 1.165) is 11.1 Å². The molecule has 8 nitrogen and oxygen atoms in total. The number of carbonyl (C=O) groups is 1. The van der Waals surface area contributed by atoms with Gasteiger partial charge in [-0.1, -0.05) is 5.16 Å². The van der Waals surface area contributed by atoms with Crippen LogP contribution in [0.1, 0.15) is 29.1 Å². The molecule has 0 aromatic carbocycles. The third kappa shape index (κ3) is 2.55. The van der Waals surface area contributed by atoms with E-state index in [1.54, 1.807) is 14.0 Å². The molecule has 0 aliphatic heterocycles. The molecule has 0 spiro atoms. The maximum absolute atomic E-state index is 12.1. The van der Waals surface area contributed by atoms with Gasteiger partial charge in [-0.15, -0.1) is 0 Å². The van der Waals surface area contributed by atoms with Gasteiger partial charge in [-0.2, -0.15) is 5.10 Å². The van der Waals surface area contributed by atoms with Crippen LogP contribution in [0.5, 0.6) is 0 Å². The van der Waals surface area contributed by atoms with E-state index in [1.165, 1.54) is 0 Å². The van der Waals surface area contributed by atoms with E-state index >= 15 is 0 Å². The lowest BCUT2D eigenvalue weighted by Gasteiger charge is -2.05. The number of carboxylic acids is 1. The summed E-state index contributed by atoms with van der Waals surface area (Å²) in [6, 6.07) is 0. The first kappa shape index (κ1) is 14.2. The highest BCUT2D eigenvalue weighted by Crippen LogP contribution is 2.17. The molecule has 0 unspecified atom stereocenters. The zero-order chi connectivity index (χ0) is 14.7. The Balaban J connectivity index is 2.43. The summed E-state index contributed by atoms with van der Waals surface area (Å²) in [7, 11) is 1.59. The Morgan fingerprint density at radius 2 is 2.20 bits per heavy atom. The van der Waals surface area contributed by atoms with Crippen LogP contribution in [-0.2, 0) is 11.3 Å². The van der Waals surface area contributed by atoms with Crippen LogP contribution in [0.2, 0.25) is 0 Å². The van der Waals surface area contributed by atoms with Gasteiger partial charge in [0, 0.05) is 20.3 Å². The normalized spacial score (nSPS) is 11.1. The summed E-state index contributed by atoms with van der Waals surface area (Å²) in [4.78, 5) is 23.4. The summed E-state index contributed by atoms with van der Waals surface area (Å²) in [5.74, 6) is -0.944. The Morgan fingerprint density at radius 3 is 2.85 bits per heavy atom. The average molecular weight is 281 g/mol. The lowest BCUT2D eigenvalue weighted by molar-refractivity contribution is 0.0689. The van der Waals surface area contributed by atoms with Crippen LogP contribution in [-0.4, -0.2) is 39.7 Å². The number of ether oxygens (including phenoxy) is 1. The minimum absolute atomic E-state index is 0.00152. The number of aromatic nitrogens is 3. The monoisotopic (exact) mass is 281 g/mol. The van der Waals surface area contributed by atoms with Crippen LogP contribution in [0.15, 0.2) is 9.32 Å². The lowest BCUT2D eigenvalue weighted by atomic mass is 10.2. The van der Waals surface area contributed by atoms with Gasteiger partial charge in [0.1, 0.15) is 5.76 Å². The minimum Gasteiger partial charge on any atom is -0.476 e. The van der Waals surface area contributed by atoms with Gasteiger partial charge < -0.3 is 14.4 Å². The number of aryl methyl sites for hydroxylation is 2. The molecule has 2 rings (SSSR count). The number of hydrogen-bond acceptors (Lipinski definition) is 6. The highest BCUT2D eigenvalue weighted by Gasteiger charge is 2.21. The molecule has 108 valence electrons. The Bertz CT molecular complexity index is 688. The molecule has 0 radical (unpaired) electrons. The molecule has 20 heavy (non-hydrogen) atoms. The van der Waals surface area contributed by atoms with Crippen molar-refractivity contribution in [2.75, 3.05) is 13.7 Å². The second kappa shape index (κ2) is 5.83. The molecule has 0 atom stereocenters. The van der Waals surface area contributed by atoms with Crippen LogP contribution in [0.25, 0.3) is 10.9 Å². The zero-order valence-electron chi connectivity index (χ0n) is 11.3. The number of nitrogens with zero attached hydrogens (tertiary/aromatic N) is 3. The zero-order valence-corrected chi connectivity index (χ0v) is 11.3. The molecule has 0 saturated heterocycles. The van der Waals surface area contributed by atoms with Crippen molar-refractivity contribution in [2.24, 2.45) is 0 Å². The van der Waals surface area contributed by atoms with E-state index in [2.05, 4.69) is 10.3 Å². The summed E-state index contributed by atoms with van der Waals surface area (Å²) in [6.45, 7) is 2.43. The fourth-order valence-corrected chi connectivity index (χ4v) is 1.94. The lowest BCUT2D eigenvalue weighted by Crippen LogP contribution is -2.26. The van der Waals surface area contributed by atoms with Crippen molar-refractivity contribution in [3.05, 3.63) is 21.8 Å². The van der Waals surface area contributed by atoms with Gasteiger partial charge >= 0.3 is 5.97 Å². The second-order valence-electron chi connectivity index (χ2n) is 4.34. The van der Waals surface area contributed by atoms with E-state index < -0.39 is 11.5 Å². The van der Waals surface area contributed by atoms with Crippen LogP contribution in [0.4, 0.5) is 0 Å². The van der Waals surface area contributed by atoms with Crippen LogP contribution >= 0.6 is 0 Å². The summed E-state index contributed by atoms with van der Waals surface area (Å²) >= 11 is 0. The van der Waals surface area contributed by atoms with Gasteiger partial charge in [-0.25, -0.2) is 9.48 Å². The van der Waals surface area contributed by atoms with Gasteiger partial charge in [0.25, 0.3) is 5.56 Å². The fourth-order valence-electron chi connectivity index (χ4n) is 1.94. The number of fused-ring (bicyclic) bond motifs is 1. The van der Waals surface area contributed by atoms with Crippen molar-refractivity contribution in [1.29, 1.82) is 0 Å². The van der Waals surface area contributed by atoms with Crippen molar-refractivity contribution < 1.29 is 19.2 Å². The topological polar surface area (TPSA) is 107 Å². The highest BCUT2D eigenvalue weighted by atomic mass is 16.5. The Morgan fingerprint density at radius 1 is 1.45 bits per heavy atom. The molecule has 0 aliphatic rings. The van der Waals surface area contributed by atoms with Gasteiger partial charge in [-0.05, 0) is 19.8 Å². The van der Waals surface area contributed by atoms with Gasteiger partial charge in [0.05, 0.1) is 5.39 Å². The van der Waals surface area contributed by atoms with E-state index in [9.17, 15) is 14.7 Å². The average Bonchev–Trinajstić information content (AvgIpc) is 2.79. The number of methoxy groups -OCH3 is 1. The largest absolute Gasteiger partial charge is 0.476 e. The first-order chi connectivity index (χ1) is 9.56. The molecule has 8 heteroatoms. The molecule has 2 heterocycles. The van der Waals surface area contributed by atoms with Crippen molar-refractivity contribution in [3.8, 4) is 0 Å². The maximum atomic E-state index is 12.1. The summed E-state index contributed by atoms with van der Waals surface area (Å²) in [5, 5.41) is 16.9. The van der Waals surface area contributed by atoms with Gasteiger partial charge in [0.2, 0.25) is 0 Å². The SMILES string of the molecule is COCCCCn1nc(C(=O)O)c2c(C)onc2c1=O. The van der Waals surface area contributed by atoms with E-state index in [4.69, 9.17) is 9.26 Å². The number of aromatic carboxylic acids is 1. The van der Waals surface area contributed by atoms with E-state index in [0.29, 0.717) is 19.6 Å². The third-order valence-electron chi connectivity index (χ3n) is 2.93. The predicted octanol–water partition coefficient (Wildman–Crippen LogP) is 0.818. The molecular formula is C12H15N3O5. The summed E-state index contributed by atoms with van der Waals surface area (Å²) < 4.78 is 10.9. The van der Waals surface area contributed by atoms with Crippen LogP contribution in [0, 0.1) is 6.92 Å².